The standard InChI is InChI=1S/C24H22Cl2N4/c25-15-1-7-19-21(9-11-27-23(19)13-15)29-17-3-5-18(6-4-17)30-22-10-12-28-24-14-16(26)2-8-20(22)24/h1-2,7-14,17-18H,3-6H2,(H,27,29)(H,28,30)/t17-,18+. The van der Waals surface area contributed by atoms with Gasteiger partial charge in [-0.15, -0.1) is 0 Å². The van der Waals surface area contributed by atoms with E-state index in [1.807, 2.05) is 48.8 Å². The van der Waals surface area contributed by atoms with Gasteiger partial charge < -0.3 is 10.6 Å². The minimum Gasteiger partial charge on any atom is -0.382 e. The van der Waals surface area contributed by atoms with E-state index in [-0.39, 0.29) is 0 Å². The Labute approximate surface area is 185 Å². The zero-order chi connectivity index (χ0) is 20.5. The third-order valence-electron chi connectivity index (χ3n) is 5.86. The lowest BCUT2D eigenvalue weighted by Gasteiger charge is -2.31. The molecule has 0 atom stereocenters. The molecule has 2 aromatic heterocycles. The highest BCUT2D eigenvalue weighted by molar-refractivity contribution is 6.31. The summed E-state index contributed by atoms with van der Waals surface area (Å²) in [6, 6.07) is 16.8. The van der Waals surface area contributed by atoms with Crippen molar-refractivity contribution in [3.63, 3.8) is 0 Å². The maximum atomic E-state index is 6.11. The van der Waals surface area contributed by atoms with Gasteiger partial charge in [0, 0.05) is 56.7 Å². The van der Waals surface area contributed by atoms with Crippen molar-refractivity contribution in [2.75, 3.05) is 10.6 Å². The Morgan fingerprint density at radius 1 is 0.633 bits per heavy atom. The van der Waals surface area contributed by atoms with E-state index in [0.29, 0.717) is 22.1 Å². The fourth-order valence-electron chi connectivity index (χ4n) is 4.32. The normalized spacial score (nSPS) is 19.1. The summed E-state index contributed by atoms with van der Waals surface area (Å²) < 4.78 is 0. The van der Waals surface area contributed by atoms with Crippen molar-refractivity contribution in [1.82, 2.24) is 9.97 Å². The van der Waals surface area contributed by atoms with Gasteiger partial charge in [-0.1, -0.05) is 23.2 Å². The molecule has 2 N–H and O–H groups in total. The number of hydrogen-bond donors (Lipinski definition) is 2. The first-order valence-corrected chi connectivity index (χ1v) is 11.0. The second kappa shape index (κ2) is 8.29. The van der Waals surface area contributed by atoms with Gasteiger partial charge in [-0.3, -0.25) is 9.97 Å². The third kappa shape index (κ3) is 4.03. The fraction of sp³-hybridized carbons (Fsp3) is 0.250. The predicted octanol–water partition coefficient (Wildman–Crippen LogP) is 6.93. The molecule has 0 amide bonds. The Kier molecular flexibility index (Phi) is 5.36. The molecule has 0 spiro atoms. The van der Waals surface area contributed by atoms with Crippen LogP contribution in [0.1, 0.15) is 25.7 Å². The van der Waals surface area contributed by atoms with E-state index in [9.17, 15) is 0 Å². The first kappa shape index (κ1) is 19.4. The Morgan fingerprint density at radius 2 is 1.07 bits per heavy atom. The van der Waals surface area contributed by atoms with Crippen LogP contribution >= 0.6 is 23.2 Å². The van der Waals surface area contributed by atoms with Gasteiger partial charge in [-0.2, -0.15) is 0 Å². The van der Waals surface area contributed by atoms with Crippen LogP contribution in [0.5, 0.6) is 0 Å². The van der Waals surface area contributed by atoms with E-state index in [2.05, 4.69) is 32.7 Å². The summed E-state index contributed by atoms with van der Waals surface area (Å²) in [5.41, 5.74) is 4.11. The number of nitrogens with zero attached hydrogens (tertiary/aromatic N) is 2. The van der Waals surface area contributed by atoms with E-state index >= 15 is 0 Å². The van der Waals surface area contributed by atoms with Gasteiger partial charge >= 0.3 is 0 Å². The number of benzene rings is 2. The quantitative estimate of drug-likeness (QED) is 0.364. The maximum absolute atomic E-state index is 6.11. The maximum Gasteiger partial charge on any atom is 0.0737 e. The van der Waals surface area contributed by atoms with E-state index in [4.69, 9.17) is 23.2 Å². The lowest BCUT2D eigenvalue weighted by Crippen LogP contribution is -2.32. The SMILES string of the molecule is Clc1ccc2c(N[C@H]3CC[C@@H](Nc4ccnc5cc(Cl)ccc45)CC3)ccnc2c1. The average molecular weight is 437 g/mol. The van der Waals surface area contributed by atoms with Crippen molar-refractivity contribution in [3.05, 3.63) is 71.0 Å². The van der Waals surface area contributed by atoms with Crippen LogP contribution in [-0.4, -0.2) is 22.1 Å². The zero-order valence-electron chi connectivity index (χ0n) is 16.4. The molecule has 30 heavy (non-hydrogen) atoms. The molecule has 4 aromatic rings. The van der Waals surface area contributed by atoms with Gasteiger partial charge in [-0.25, -0.2) is 0 Å². The Morgan fingerprint density at radius 3 is 1.50 bits per heavy atom. The molecule has 0 unspecified atom stereocenters. The summed E-state index contributed by atoms with van der Waals surface area (Å²) >= 11 is 12.2. The van der Waals surface area contributed by atoms with Crippen LogP contribution in [0, 0.1) is 0 Å². The molecule has 0 radical (unpaired) electrons. The van der Waals surface area contributed by atoms with Gasteiger partial charge in [0.1, 0.15) is 0 Å². The molecule has 0 saturated heterocycles. The molecule has 1 saturated carbocycles. The summed E-state index contributed by atoms with van der Waals surface area (Å²) in [6.07, 6.45) is 8.14. The number of hydrogen-bond acceptors (Lipinski definition) is 4. The van der Waals surface area contributed by atoms with Crippen LogP contribution in [0.3, 0.4) is 0 Å². The molecule has 4 nitrogen and oxygen atoms in total. The molecule has 1 fully saturated rings. The van der Waals surface area contributed by atoms with Crippen LogP contribution in [0.25, 0.3) is 21.8 Å². The monoisotopic (exact) mass is 436 g/mol. The highest BCUT2D eigenvalue weighted by Gasteiger charge is 2.22. The molecule has 0 aliphatic heterocycles. The summed E-state index contributed by atoms with van der Waals surface area (Å²) in [7, 11) is 0. The molecule has 152 valence electrons. The predicted molar refractivity (Wildman–Crippen MR) is 127 cm³/mol. The minimum atomic E-state index is 0.456. The number of nitrogens with one attached hydrogen (secondary N) is 2. The number of halogens is 2. The van der Waals surface area contributed by atoms with Crippen LogP contribution < -0.4 is 10.6 Å². The van der Waals surface area contributed by atoms with Gasteiger partial charge in [0.2, 0.25) is 0 Å². The molecule has 1 aliphatic rings. The zero-order valence-corrected chi connectivity index (χ0v) is 17.9. The molecule has 1 aliphatic carbocycles. The van der Waals surface area contributed by atoms with E-state index < -0.39 is 0 Å². The summed E-state index contributed by atoms with van der Waals surface area (Å²) in [6.45, 7) is 0. The largest absolute Gasteiger partial charge is 0.382 e. The van der Waals surface area contributed by atoms with Crippen molar-refractivity contribution in [1.29, 1.82) is 0 Å². The van der Waals surface area contributed by atoms with Gasteiger partial charge in [0.25, 0.3) is 0 Å². The number of fused-ring (bicyclic) bond motifs is 2. The van der Waals surface area contributed by atoms with E-state index in [1.54, 1.807) is 0 Å². The van der Waals surface area contributed by atoms with E-state index in [1.165, 1.54) is 0 Å². The molecular formula is C24H22Cl2N4. The summed E-state index contributed by atoms with van der Waals surface area (Å²) in [5.74, 6) is 0. The summed E-state index contributed by atoms with van der Waals surface area (Å²) in [4.78, 5) is 8.87. The Bertz CT molecular complexity index is 1110. The number of pyridine rings is 2. The highest BCUT2D eigenvalue weighted by Crippen LogP contribution is 2.31. The van der Waals surface area contributed by atoms with Gasteiger partial charge in [0.15, 0.2) is 0 Å². The van der Waals surface area contributed by atoms with Gasteiger partial charge in [0.05, 0.1) is 11.0 Å². The number of aromatic nitrogens is 2. The minimum absolute atomic E-state index is 0.456. The van der Waals surface area contributed by atoms with Crippen LogP contribution in [0.15, 0.2) is 60.9 Å². The molecular weight excluding hydrogens is 415 g/mol. The fourth-order valence-corrected chi connectivity index (χ4v) is 4.65. The van der Waals surface area contributed by atoms with Crippen molar-refractivity contribution in [2.45, 2.75) is 37.8 Å². The lowest BCUT2D eigenvalue weighted by molar-refractivity contribution is 0.429. The second-order valence-electron chi connectivity index (χ2n) is 7.88. The first-order valence-electron chi connectivity index (χ1n) is 10.3. The molecule has 2 heterocycles. The second-order valence-corrected chi connectivity index (χ2v) is 8.75. The van der Waals surface area contributed by atoms with Crippen molar-refractivity contribution in [3.8, 4) is 0 Å². The first-order chi connectivity index (χ1) is 14.7. The smallest absolute Gasteiger partial charge is 0.0737 e. The number of rotatable bonds is 4. The third-order valence-corrected chi connectivity index (χ3v) is 6.33. The number of anilines is 2. The molecule has 6 heteroatoms. The van der Waals surface area contributed by atoms with Crippen LogP contribution in [0.4, 0.5) is 11.4 Å². The van der Waals surface area contributed by atoms with Crippen LogP contribution in [0.2, 0.25) is 10.0 Å². The topological polar surface area (TPSA) is 49.8 Å². The Balaban J connectivity index is 1.25. The average Bonchev–Trinajstić information content (AvgIpc) is 2.75. The van der Waals surface area contributed by atoms with Crippen LogP contribution in [-0.2, 0) is 0 Å². The highest BCUT2D eigenvalue weighted by atomic mass is 35.5. The summed E-state index contributed by atoms with van der Waals surface area (Å²) in [5, 5.41) is 11.1. The van der Waals surface area contributed by atoms with E-state index in [0.717, 1.165) is 58.9 Å². The van der Waals surface area contributed by atoms with Crippen molar-refractivity contribution >= 4 is 56.4 Å². The van der Waals surface area contributed by atoms with Crippen molar-refractivity contribution < 1.29 is 0 Å². The Hall–Kier alpha value is -2.56. The lowest BCUT2D eigenvalue weighted by atomic mass is 9.90. The van der Waals surface area contributed by atoms with Crippen molar-refractivity contribution in [2.24, 2.45) is 0 Å². The van der Waals surface area contributed by atoms with Gasteiger partial charge in [-0.05, 0) is 74.2 Å². The molecule has 0 bridgehead atoms. The molecule has 2 aromatic carbocycles. The molecule has 5 rings (SSSR count).